The Hall–Kier alpha value is -0.0400. The number of aliphatic hydroxyl groups excluding tert-OH is 1. The lowest BCUT2D eigenvalue weighted by atomic mass is 9.77. The second-order valence-corrected chi connectivity index (χ2v) is 8.05. The fraction of sp³-hybridized carbons (Fsp3) is 1.00. The van der Waals surface area contributed by atoms with Crippen LogP contribution in [0.4, 0.5) is 0 Å². The Kier molecular flexibility index (Phi) is 12.5. The van der Waals surface area contributed by atoms with Crippen LogP contribution >= 0.6 is 0 Å². The lowest BCUT2D eigenvalue weighted by molar-refractivity contribution is 0.0459. The van der Waals surface area contributed by atoms with E-state index in [-0.39, 0.29) is 11.5 Å². The van der Waals surface area contributed by atoms with Gasteiger partial charge in [-0.2, -0.15) is 0 Å². The predicted octanol–water partition coefficient (Wildman–Crippen LogP) is 6.73. The minimum Gasteiger partial charge on any atom is -0.393 e. The van der Waals surface area contributed by atoms with E-state index < -0.39 is 0 Å². The summed E-state index contributed by atoms with van der Waals surface area (Å²) in [7, 11) is 0. The van der Waals surface area contributed by atoms with Crippen LogP contribution in [0, 0.1) is 11.3 Å². The summed E-state index contributed by atoms with van der Waals surface area (Å²) >= 11 is 0. The van der Waals surface area contributed by atoms with Crippen molar-refractivity contribution < 1.29 is 5.11 Å². The fourth-order valence-corrected chi connectivity index (χ4v) is 2.84. The summed E-state index contributed by atoms with van der Waals surface area (Å²) in [6.45, 7) is 11.1. The second-order valence-electron chi connectivity index (χ2n) is 8.05. The molecule has 0 spiro atoms. The van der Waals surface area contributed by atoms with Gasteiger partial charge < -0.3 is 5.11 Å². The SMILES string of the molecule is CCCCCCCCCCCCCC(O)C(C)C(C)(C)C. The molecule has 0 rings (SSSR count). The lowest BCUT2D eigenvalue weighted by Gasteiger charge is -2.31. The highest BCUT2D eigenvalue weighted by Gasteiger charge is 2.26. The molecule has 128 valence electrons. The third-order valence-corrected chi connectivity index (χ3v) is 5.05. The average molecular weight is 299 g/mol. The maximum Gasteiger partial charge on any atom is 0.0570 e. The van der Waals surface area contributed by atoms with Crippen molar-refractivity contribution in [3.05, 3.63) is 0 Å². The molecule has 0 aliphatic heterocycles. The highest BCUT2D eigenvalue weighted by molar-refractivity contribution is 4.76. The van der Waals surface area contributed by atoms with Crippen molar-refractivity contribution in [3.8, 4) is 0 Å². The molecule has 0 saturated heterocycles. The van der Waals surface area contributed by atoms with Crippen molar-refractivity contribution in [2.45, 2.75) is 118 Å². The molecular formula is C20H42O. The minimum atomic E-state index is -0.122. The van der Waals surface area contributed by atoms with Gasteiger partial charge in [0.1, 0.15) is 0 Å². The molecular weight excluding hydrogens is 256 g/mol. The Labute approximate surface area is 134 Å². The van der Waals surface area contributed by atoms with Crippen LogP contribution in [0.5, 0.6) is 0 Å². The molecule has 0 radical (unpaired) electrons. The summed E-state index contributed by atoms with van der Waals surface area (Å²) in [5.74, 6) is 0.389. The number of rotatable bonds is 13. The summed E-state index contributed by atoms with van der Waals surface area (Å²) < 4.78 is 0. The van der Waals surface area contributed by atoms with Gasteiger partial charge in [0.25, 0.3) is 0 Å². The molecule has 0 bridgehead atoms. The molecule has 2 atom stereocenters. The number of hydrogen-bond acceptors (Lipinski definition) is 1. The van der Waals surface area contributed by atoms with Gasteiger partial charge in [0, 0.05) is 0 Å². The van der Waals surface area contributed by atoms with Crippen molar-refractivity contribution >= 4 is 0 Å². The Morgan fingerprint density at radius 1 is 0.714 bits per heavy atom. The van der Waals surface area contributed by atoms with Gasteiger partial charge in [-0.3, -0.25) is 0 Å². The Morgan fingerprint density at radius 3 is 1.48 bits per heavy atom. The monoisotopic (exact) mass is 298 g/mol. The van der Waals surface area contributed by atoms with E-state index in [1.807, 2.05) is 0 Å². The summed E-state index contributed by atoms with van der Waals surface area (Å²) in [6, 6.07) is 0. The molecule has 0 aromatic carbocycles. The summed E-state index contributed by atoms with van der Waals surface area (Å²) in [6.07, 6.45) is 16.0. The summed E-state index contributed by atoms with van der Waals surface area (Å²) in [5.41, 5.74) is 0.219. The van der Waals surface area contributed by atoms with Gasteiger partial charge in [-0.05, 0) is 17.8 Å². The number of aliphatic hydroxyl groups is 1. The highest BCUT2D eigenvalue weighted by atomic mass is 16.3. The van der Waals surface area contributed by atoms with Crippen LogP contribution in [-0.4, -0.2) is 11.2 Å². The maximum atomic E-state index is 10.2. The molecule has 0 aromatic heterocycles. The van der Waals surface area contributed by atoms with Crippen molar-refractivity contribution in [1.82, 2.24) is 0 Å². The van der Waals surface area contributed by atoms with E-state index in [4.69, 9.17) is 0 Å². The van der Waals surface area contributed by atoms with Gasteiger partial charge >= 0.3 is 0 Å². The first-order chi connectivity index (χ1) is 9.89. The van der Waals surface area contributed by atoms with Gasteiger partial charge in [-0.1, -0.05) is 105 Å². The Morgan fingerprint density at radius 2 is 1.10 bits per heavy atom. The first-order valence-corrected chi connectivity index (χ1v) is 9.57. The van der Waals surface area contributed by atoms with Crippen molar-refractivity contribution in [1.29, 1.82) is 0 Å². The number of hydrogen-bond donors (Lipinski definition) is 1. The first-order valence-electron chi connectivity index (χ1n) is 9.57. The number of unbranched alkanes of at least 4 members (excludes halogenated alkanes) is 10. The fourth-order valence-electron chi connectivity index (χ4n) is 2.84. The van der Waals surface area contributed by atoms with E-state index in [0.29, 0.717) is 5.92 Å². The van der Waals surface area contributed by atoms with Crippen molar-refractivity contribution in [2.75, 3.05) is 0 Å². The van der Waals surface area contributed by atoms with Crippen molar-refractivity contribution in [2.24, 2.45) is 11.3 Å². The molecule has 1 nitrogen and oxygen atoms in total. The molecule has 0 aliphatic rings. The quantitative estimate of drug-likeness (QED) is 0.374. The lowest BCUT2D eigenvalue weighted by Crippen LogP contribution is -2.29. The zero-order chi connectivity index (χ0) is 16.1. The van der Waals surface area contributed by atoms with Gasteiger partial charge in [0.05, 0.1) is 6.10 Å². The maximum absolute atomic E-state index is 10.2. The van der Waals surface area contributed by atoms with Crippen LogP contribution in [0.25, 0.3) is 0 Å². The molecule has 2 unspecified atom stereocenters. The van der Waals surface area contributed by atoms with E-state index in [9.17, 15) is 5.11 Å². The minimum absolute atomic E-state index is 0.122. The van der Waals surface area contributed by atoms with E-state index in [0.717, 1.165) is 6.42 Å². The van der Waals surface area contributed by atoms with Crippen LogP contribution in [0.3, 0.4) is 0 Å². The van der Waals surface area contributed by atoms with E-state index in [1.165, 1.54) is 70.6 Å². The largest absolute Gasteiger partial charge is 0.393 e. The molecule has 0 aromatic rings. The standard InChI is InChI=1S/C20H42O/c1-6-7-8-9-10-11-12-13-14-15-16-17-19(21)18(2)20(3,4)5/h18-19,21H,6-17H2,1-5H3. The molecule has 0 aliphatic carbocycles. The van der Waals surface area contributed by atoms with Gasteiger partial charge in [-0.25, -0.2) is 0 Å². The second kappa shape index (κ2) is 12.5. The smallest absolute Gasteiger partial charge is 0.0570 e. The third kappa shape index (κ3) is 12.2. The summed E-state index contributed by atoms with van der Waals surface area (Å²) in [4.78, 5) is 0. The van der Waals surface area contributed by atoms with Crippen molar-refractivity contribution in [3.63, 3.8) is 0 Å². The molecule has 0 amide bonds. The van der Waals surface area contributed by atoms with Gasteiger partial charge in [-0.15, -0.1) is 0 Å². The highest BCUT2D eigenvalue weighted by Crippen LogP contribution is 2.30. The Balaban J connectivity index is 3.33. The first kappa shape index (κ1) is 21.0. The van der Waals surface area contributed by atoms with Crippen LogP contribution in [0.1, 0.15) is 112 Å². The van der Waals surface area contributed by atoms with Crippen LogP contribution < -0.4 is 0 Å². The predicted molar refractivity (Wildman–Crippen MR) is 95.7 cm³/mol. The molecule has 1 heteroatoms. The van der Waals surface area contributed by atoms with Crippen LogP contribution in [-0.2, 0) is 0 Å². The van der Waals surface area contributed by atoms with E-state index >= 15 is 0 Å². The average Bonchev–Trinajstić information content (AvgIpc) is 2.42. The van der Waals surface area contributed by atoms with E-state index in [1.54, 1.807) is 0 Å². The topological polar surface area (TPSA) is 20.2 Å². The normalized spacial score (nSPS) is 15.1. The van der Waals surface area contributed by atoms with E-state index in [2.05, 4.69) is 34.6 Å². The van der Waals surface area contributed by atoms with Gasteiger partial charge in [0.15, 0.2) is 0 Å². The van der Waals surface area contributed by atoms with Crippen LogP contribution in [0.2, 0.25) is 0 Å². The molecule has 0 fully saturated rings. The Bertz CT molecular complexity index is 216. The molecule has 0 heterocycles. The van der Waals surface area contributed by atoms with Gasteiger partial charge in [0.2, 0.25) is 0 Å². The molecule has 0 saturated carbocycles. The molecule has 1 N–H and O–H groups in total. The molecule has 21 heavy (non-hydrogen) atoms. The summed E-state index contributed by atoms with van der Waals surface area (Å²) in [5, 5.41) is 10.2. The zero-order valence-electron chi connectivity index (χ0n) is 15.6. The zero-order valence-corrected chi connectivity index (χ0v) is 15.6. The van der Waals surface area contributed by atoms with Crippen LogP contribution in [0.15, 0.2) is 0 Å². The third-order valence-electron chi connectivity index (χ3n) is 5.05.